The summed E-state index contributed by atoms with van der Waals surface area (Å²) in [6, 6.07) is 4.84. The lowest BCUT2D eigenvalue weighted by molar-refractivity contribution is -0.143. The molecule has 1 aliphatic heterocycles. The fourth-order valence-corrected chi connectivity index (χ4v) is 2.81. The number of nitrogens with zero attached hydrogens (tertiary/aromatic N) is 1. The van der Waals surface area contributed by atoms with E-state index < -0.39 is 12.0 Å². The van der Waals surface area contributed by atoms with Crippen LogP contribution in [0, 0.1) is 0 Å². The molecule has 0 bridgehead atoms. The Labute approximate surface area is 130 Å². The highest BCUT2D eigenvalue weighted by Gasteiger charge is 2.31. The molecule has 1 saturated heterocycles. The van der Waals surface area contributed by atoms with E-state index in [1.807, 2.05) is 17.0 Å². The Morgan fingerprint density at radius 3 is 3.00 bits per heavy atom. The number of rotatable bonds is 4. The second kappa shape index (κ2) is 6.56. The van der Waals surface area contributed by atoms with E-state index in [-0.39, 0.29) is 12.3 Å². The monoisotopic (exact) mass is 360 g/mol. The number of amides is 1. The summed E-state index contributed by atoms with van der Waals surface area (Å²) in [4.78, 5) is 24.6. The molecule has 1 atom stereocenters. The molecule has 2 rings (SSSR count). The first kappa shape index (κ1) is 15.3. The summed E-state index contributed by atoms with van der Waals surface area (Å²) in [6.07, 6.45) is -0.211. The van der Waals surface area contributed by atoms with Crippen molar-refractivity contribution in [3.8, 4) is 0 Å². The molecule has 1 aliphatic rings. The van der Waals surface area contributed by atoms with E-state index in [0.29, 0.717) is 24.7 Å². The van der Waals surface area contributed by atoms with Gasteiger partial charge in [-0.05, 0) is 23.8 Å². The first-order chi connectivity index (χ1) is 9.47. The highest BCUT2D eigenvalue weighted by atomic mass is 79.9. The Hall–Kier alpha value is -1.11. The van der Waals surface area contributed by atoms with Gasteiger partial charge in [-0.15, -0.1) is 0 Å². The van der Waals surface area contributed by atoms with Gasteiger partial charge in [-0.3, -0.25) is 14.5 Å². The number of aliphatic carboxylic acids is 1. The summed E-state index contributed by atoms with van der Waals surface area (Å²) in [5.74, 6) is -1.23. The molecule has 1 amide bonds. The van der Waals surface area contributed by atoms with Crippen LogP contribution in [-0.2, 0) is 16.1 Å². The quantitative estimate of drug-likeness (QED) is 0.859. The highest BCUT2D eigenvalue weighted by Crippen LogP contribution is 2.24. The molecule has 0 radical (unpaired) electrons. The number of piperazine rings is 1. The largest absolute Gasteiger partial charge is 0.481 e. The molecule has 20 heavy (non-hydrogen) atoms. The molecule has 108 valence electrons. The third-order valence-electron chi connectivity index (χ3n) is 3.19. The molecule has 5 nitrogen and oxygen atoms in total. The SMILES string of the molecule is O=C(O)CC1C(=O)NCCN1Cc1cc(Br)ccc1Cl. The minimum Gasteiger partial charge on any atom is -0.481 e. The second-order valence-corrected chi connectivity index (χ2v) is 5.93. The van der Waals surface area contributed by atoms with Crippen LogP contribution in [-0.4, -0.2) is 41.0 Å². The summed E-state index contributed by atoms with van der Waals surface area (Å²) >= 11 is 9.52. The zero-order chi connectivity index (χ0) is 14.7. The van der Waals surface area contributed by atoms with Crippen molar-refractivity contribution in [1.82, 2.24) is 10.2 Å². The van der Waals surface area contributed by atoms with E-state index in [1.54, 1.807) is 6.07 Å². The molecule has 1 aromatic rings. The van der Waals surface area contributed by atoms with Crippen LogP contribution in [0.5, 0.6) is 0 Å². The molecule has 1 heterocycles. The average Bonchev–Trinajstić information content (AvgIpc) is 2.37. The Balaban J connectivity index is 2.18. The Morgan fingerprint density at radius 1 is 1.55 bits per heavy atom. The van der Waals surface area contributed by atoms with Gasteiger partial charge in [0.25, 0.3) is 0 Å². The van der Waals surface area contributed by atoms with E-state index >= 15 is 0 Å². The number of hydrogen-bond donors (Lipinski definition) is 2. The number of carbonyl (C=O) groups excluding carboxylic acids is 1. The van der Waals surface area contributed by atoms with Gasteiger partial charge < -0.3 is 10.4 Å². The molecule has 0 aliphatic carbocycles. The maximum absolute atomic E-state index is 11.8. The average molecular weight is 362 g/mol. The van der Waals surface area contributed by atoms with E-state index in [2.05, 4.69) is 21.2 Å². The van der Waals surface area contributed by atoms with Crippen LogP contribution in [0.1, 0.15) is 12.0 Å². The van der Waals surface area contributed by atoms with Crippen molar-refractivity contribution < 1.29 is 14.7 Å². The van der Waals surface area contributed by atoms with Crippen molar-refractivity contribution in [3.63, 3.8) is 0 Å². The number of nitrogens with one attached hydrogen (secondary N) is 1. The molecule has 1 unspecified atom stereocenters. The van der Waals surface area contributed by atoms with Crippen molar-refractivity contribution in [2.24, 2.45) is 0 Å². The van der Waals surface area contributed by atoms with Crippen LogP contribution in [0.2, 0.25) is 5.02 Å². The summed E-state index contributed by atoms with van der Waals surface area (Å²) in [5.41, 5.74) is 0.867. The normalized spacial score (nSPS) is 19.7. The van der Waals surface area contributed by atoms with Crippen LogP contribution < -0.4 is 5.32 Å². The third kappa shape index (κ3) is 3.71. The fraction of sp³-hybridized carbons (Fsp3) is 0.385. The van der Waals surface area contributed by atoms with Gasteiger partial charge in [0.05, 0.1) is 6.42 Å². The minimum atomic E-state index is -0.989. The number of carbonyl (C=O) groups is 2. The van der Waals surface area contributed by atoms with Gasteiger partial charge in [-0.1, -0.05) is 27.5 Å². The Kier molecular flexibility index (Phi) is 5.01. The topological polar surface area (TPSA) is 69.6 Å². The minimum absolute atomic E-state index is 0.211. The van der Waals surface area contributed by atoms with Crippen molar-refractivity contribution in [3.05, 3.63) is 33.3 Å². The van der Waals surface area contributed by atoms with Crippen molar-refractivity contribution in [2.45, 2.75) is 19.0 Å². The molecular weight excluding hydrogens is 348 g/mol. The van der Waals surface area contributed by atoms with Crippen LogP contribution >= 0.6 is 27.5 Å². The highest BCUT2D eigenvalue weighted by molar-refractivity contribution is 9.10. The summed E-state index contributed by atoms with van der Waals surface area (Å²) < 4.78 is 0.896. The van der Waals surface area contributed by atoms with Gasteiger partial charge >= 0.3 is 5.97 Å². The third-order valence-corrected chi connectivity index (χ3v) is 4.05. The van der Waals surface area contributed by atoms with Gasteiger partial charge in [-0.25, -0.2) is 0 Å². The van der Waals surface area contributed by atoms with Crippen LogP contribution in [0.15, 0.2) is 22.7 Å². The Morgan fingerprint density at radius 2 is 2.30 bits per heavy atom. The van der Waals surface area contributed by atoms with E-state index in [1.165, 1.54) is 0 Å². The lowest BCUT2D eigenvalue weighted by Gasteiger charge is -2.34. The van der Waals surface area contributed by atoms with Gasteiger partial charge in [0, 0.05) is 29.1 Å². The first-order valence-corrected chi connectivity index (χ1v) is 7.32. The van der Waals surface area contributed by atoms with Crippen molar-refractivity contribution in [1.29, 1.82) is 0 Å². The van der Waals surface area contributed by atoms with Gasteiger partial charge in [0.2, 0.25) is 5.91 Å². The van der Waals surface area contributed by atoms with Gasteiger partial charge in [-0.2, -0.15) is 0 Å². The number of carboxylic acids is 1. The predicted molar refractivity (Wildman–Crippen MR) is 78.6 cm³/mol. The van der Waals surface area contributed by atoms with E-state index in [0.717, 1.165) is 10.0 Å². The maximum Gasteiger partial charge on any atom is 0.305 e. The molecule has 0 aromatic heterocycles. The number of halogens is 2. The predicted octanol–water partition coefficient (Wildman–Crippen LogP) is 1.88. The van der Waals surface area contributed by atoms with Crippen LogP contribution in [0.3, 0.4) is 0 Å². The van der Waals surface area contributed by atoms with E-state index in [9.17, 15) is 9.59 Å². The standard InChI is InChI=1S/C13H14BrClN2O3/c14-9-1-2-10(15)8(5-9)7-17-4-3-16-13(20)11(17)6-12(18)19/h1-2,5,11H,3-4,6-7H2,(H,16,20)(H,18,19). The zero-order valence-electron chi connectivity index (χ0n) is 10.6. The van der Waals surface area contributed by atoms with Crippen molar-refractivity contribution in [2.75, 3.05) is 13.1 Å². The van der Waals surface area contributed by atoms with Gasteiger partial charge in [0.1, 0.15) is 6.04 Å². The van der Waals surface area contributed by atoms with Crippen molar-refractivity contribution >= 4 is 39.4 Å². The van der Waals surface area contributed by atoms with Gasteiger partial charge in [0.15, 0.2) is 0 Å². The zero-order valence-corrected chi connectivity index (χ0v) is 12.9. The second-order valence-electron chi connectivity index (χ2n) is 4.61. The first-order valence-electron chi connectivity index (χ1n) is 6.15. The molecular formula is C13H14BrClN2O3. The number of hydrogen-bond acceptors (Lipinski definition) is 3. The summed E-state index contributed by atoms with van der Waals surface area (Å²) in [7, 11) is 0. The fourth-order valence-electron chi connectivity index (χ4n) is 2.22. The molecule has 1 aromatic carbocycles. The molecule has 0 spiro atoms. The lowest BCUT2D eigenvalue weighted by Crippen LogP contribution is -2.55. The molecule has 7 heteroatoms. The lowest BCUT2D eigenvalue weighted by atomic mass is 10.1. The number of benzene rings is 1. The summed E-state index contributed by atoms with van der Waals surface area (Å²) in [6.45, 7) is 1.57. The summed E-state index contributed by atoms with van der Waals surface area (Å²) in [5, 5.41) is 12.2. The Bertz CT molecular complexity index is 538. The smallest absolute Gasteiger partial charge is 0.305 e. The van der Waals surface area contributed by atoms with Crippen LogP contribution in [0.4, 0.5) is 0 Å². The van der Waals surface area contributed by atoms with Crippen LogP contribution in [0.25, 0.3) is 0 Å². The molecule has 2 N–H and O–H groups in total. The maximum atomic E-state index is 11.8. The van der Waals surface area contributed by atoms with E-state index in [4.69, 9.17) is 16.7 Å². The molecule has 0 saturated carbocycles. The molecule has 1 fully saturated rings. The number of carboxylic acid groups (broad SMARTS) is 1.